The number of fused-ring (bicyclic) bond motifs is 1. The van der Waals surface area contributed by atoms with Crippen LogP contribution in [0.3, 0.4) is 0 Å². The fourth-order valence-electron chi connectivity index (χ4n) is 3.68. The maximum atomic E-state index is 3.67. The summed E-state index contributed by atoms with van der Waals surface area (Å²) in [7, 11) is 0. The van der Waals surface area contributed by atoms with E-state index in [1.165, 1.54) is 25.1 Å². The van der Waals surface area contributed by atoms with Gasteiger partial charge in [0.05, 0.1) is 0 Å². The van der Waals surface area contributed by atoms with Gasteiger partial charge in [-0.2, -0.15) is 0 Å². The first-order chi connectivity index (χ1) is 8.17. The molecule has 0 aliphatic carbocycles. The molecular weight excluding hydrogens is 208 g/mol. The Morgan fingerprint density at radius 1 is 1.29 bits per heavy atom. The predicted octanol–water partition coefficient (Wildman–Crippen LogP) is 2.26. The van der Waals surface area contributed by atoms with Gasteiger partial charge in [0, 0.05) is 24.7 Å². The summed E-state index contributed by atoms with van der Waals surface area (Å²) in [6.45, 7) is 8.26. The minimum absolute atomic E-state index is 0.274. The molecular formula is C15H22N2. The molecule has 2 atom stereocenters. The second-order valence-corrected chi connectivity index (χ2v) is 6.05. The molecule has 0 spiro atoms. The van der Waals surface area contributed by atoms with E-state index < -0.39 is 0 Å². The van der Waals surface area contributed by atoms with E-state index in [0.717, 1.165) is 12.5 Å². The summed E-state index contributed by atoms with van der Waals surface area (Å²) < 4.78 is 0. The summed E-state index contributed by atoms with van der Waals surface area (Å²) >= 11 is 0. The van der Waals surface area contributed by atoms with Crippen LogP contribution >= 0.6 is 0 Å². The molecule has 0 saturated carbocycles. The predicted molar refractivity (Wildman–Crippen MR) is 70.8 cm³/mol. The van der Waals surface area contributed by atoms with E-state index in [0.29, 0.717) is 6.04 Å². The van der Waals surface area contributed by atoms with E-state index in [1.807, 2.05) is 0 Å². The van der Waals surface area contributed by atoms with Crippen molar-refractivity contribution in [3.05, 3.63) is 35.9 Å². The zero-order chi connectivity index (χ0) is 11.9. The third-order valence-electron chi connectivity index (χ3n) is 4.41. The molecule has 1 aromatic carbocycles. The standard InChI is InChI=1S/C15H22N2/c1-15(2)14-13(10-16-15)8-9-17(14)11-12-6-4-3-5-7-12/h3-7,13-14,16H,8-11H2,1-2H3. The molecule has 2 heteroatoms. The van der Waals surface area contributed by atoms with Gasteiger partial charge in [-0.05, 0) is 38.3 Å². The number of nitrogens with one attached hydrogen (secondary N) is 1. The molecule has 2 saturated heterocycles. The zero-order valence-corrected chi connectivity index (χ0v) is 10.8. The fourth-order valence-corrected chi connectivity index (χ4v) is 3.68. The summed E-state index contributed by atoms with van der Waals surface area (Å²) in [5, 5.41) is 3.67. The smallest absolute Gasteiger partial charge is 0.0316 e. The summed E-state index contributed by atoms with van der Waals surface area (Å²) in [5.74, 6) is 0.855. The van der Waals surface area contributed by atoms with Crippen LogP contribution in [0, 0.1) is 5.92 Å². The lowest BCUT2D eigenvalue weighted by atomic mass is 9.90. The molecule has 92 valence electrons. The molecule has 0 radical (unpaired) electrons. The molecule has 2 fully saturated rings. The van der Waals surface area contributed by atoms with Gasteiger partial charge in [0.2, 0.25) is 0 Å². The van der Waals surface area contributed by atoms with Gasteiger partial charge in [0.1, 0.15) is 0 Å². The first-order valence-corrected chi connectivity index (χ1v) is 6.70. The van der Waals surface area contributed by atoms with E-state index in [2.05, 4.69) is 54.4 Å². The third-order valence-corrected chi connectivity index (χ3v) is 4.41. The van der Waals surface area contributed by atoms with Crippen LogP contribution in [0.2, 0.25) is 0 Å². The zero-order valence-electron chi connectivity index (χ0n) is 10.8. The van der Waals surface area contributed by atoms with Gasteiger partial charge in [-0.25, -0.2) is 0 Å². The van der Waals surface area contributed by atoms with Crippen molar-refractivity contribution >= 4 is 0 Å². The SMILES string of the molecule is CC1(C)NCC2CCN(Cc3ccccc3)C21. The van der Waals surface area contributed by atoms with Gasteiger partial charge in [0.25, 0.3) is 0 Å². The van der Waals surface area contributed by atoms with Crippen molar-refractivity contribution in [3.63, 3.8) is 0 Å². The van der Waals surface area contributed by atoms with Crippen LogP contribution in [0.5, 0.6) is 0 Å². The quantitative estimate of drug-likeness (QED) is 0.838. The van der Waals surface area contributed by atoms with Crippen molar-refractivity contribution in [3.8, 4) is 0 Å². The Morgan fingerprint density at radius 2 is 2.06 bits per heavy atom. The van der Waals surface area contributed by atoms with E-state index in [9.17, 15) is 0 Å². The monoisotopic (exact) mass is 230 g/mol. The van der Waals surface area contributed by atoms with Crippen LogP contribution in [-0.4, -0.2) is 29.6 Å². The molecule has 3 rings (SSSR count). The van der Waals surface area contributed by atoms with Crippen LogP contribution in [-0.2, 0) is 6.54 Å². The van der Waals surface area contributed by atoms with Crippen molar-refractivity contribution in [2.75, 3.05) is 13.1 Å². The summed E-state index contributed by atoms with van der Waals surface area (Å²) in [6.07, 6.45) is 1.36. The molecule has 17 heavy (non-hydrogen) atoms. The Hall–Kier alpha value is -0.860. The maximum absolute atomic E-state index is 3.67. The average molecular weight is 230 g/mol. The highest BCUT2D eigenvalue weighted by Crippen LogP contribution is 2.37. The molecule has 0 bridgehead atoms. The first kappa shape index (κ1) is 11.2. The van der Waals surface area contributed by atoms with Gasteiger partial charge in [-0.15, -0.1) is 0 Å². The van der Waals surface area contributed by atoms with Crippen LogP contribution in [0.15, 0.2) is 30.3 Å². The minimum Gasteiger partial charge on any atom is -0.310 e. The maximum Gasteiger partial charge on any atom is 0.0316 e. The molecule has 1 aromatic rings. The van der Waals surface area contributed by atoms with Crippen molar-refractivity contribution in [1.29, 1.82) is 0 Å². The van der Waals surface area contributed by atoms with E-state index in [-0.39, 0.29) is 5.54 Å². The van der Waals surface area contributed by atoms with E-state index >= 15 is 0 Å². The second-order valence-electron chi connectivity index (χ2n) is 6.05. The minimum atomic E-state index is 0.274. The average Bonchev–Trinajstić information content (AvgIpc) is 2.84. The highest BCUT2D eigenvalue weighted by atomic mass is 15.3. The van der Waals surface area contributed by atoms with Crippen LogP contribution in [0.4, 0.5) is 0 Å². The number of nitrogens with zero attached hydrogens (tertiary/aromatic N) is 1. The Balaban J connectivity index is 1.76. The number of benzene rings is 1. The number of rotatable bonds is 2. The van der Waals surface area contributed by atoms with Gasteiger partial charge in [-0.1, -0.05) is 30.3 Å². The Morgan fingerprint density at radius 3 is 2.82 bits per heavy atom. The van der Waals surface area contributed by atoms with Crippen molar-refractivity contribution in [2.24, 2.45) is 5.92 Å². The van der Waals surface area contributed by atoms with E-state index in [4.69, 9.17) is 0 Å². The second kappa shape index (κ2) is 4.11. The normalized spacial score (nSPS) is 31.6. The highest BCUT2D eigenvalue weighted by Gasteiger charge is 2.48. The van der Waals surface area contributed by atoms with Crippen molar-refractivity contribution in [1.82, 2.24) is 10.2 Å². The molecule has 2 unspecified atom stereocenters. The lowest BCUT2D eigenvalue weighted by Crippen LogP contribution is -2.49. The molecule has 2 aliphatic heterocycles. The third kappa shape index (κ3) is 2.00. The highest BCUT2D eigenvalue weighted by molar-refractivity contribution is 5.16. The summed E-state index contributed by atoms with van der Waals surface area (Å²) in [6, 6.07) is 11.6. The molecule has 0 aromatic heterocycles. The fraction of sp³-hybridized carbons (Fsp3) is 0.600. The topological polar surface area (TPSA) is 15.3 Å². The van der Waals surface area contributed by atoms with E-state index in [1.54, 1.807) is 0 Å². The molecule has 2 aliphatic rings. The molecule has 1 N–H and O–H groups in total. The Kier molecular flexibility index (Phi) is 2.72. The van der Waals surface area contributed by atoms with Gasteiger partial charge < -0.3 is 5.32 Å². The summed E-state index contributed by atoms with van der Waals surface area (Å²) in [5.41, 5.74) is 1.71. The van der Waals surface area contributed by atoms with Gasteiger partial charge in [-0.3, -0.25) is 4.90 Å². The Labute approximate surface area is 104 Å². The van der Waals surface area contributed by atoms with Crippen molar-refractivity contribution in [2.45, 2.75) is 38.4 Å². The number of hydrogen-bond donors (Lipinski definition) is 1. The van der Waals surface area contributed by atoms with Gasteiger partial charge >= 0.3 is 0 Å². The number of likely N-dealkylation sites (tertiary alicyclic amines) is 1. The molecule has 2 heterocycles. The lowest BCUT2D eigenvalue weighted by Gasteiger charge is -2.34. The van der Waals surface area contributed by atoms with Gasteiger partial charge in [0.15, 0.2) is 0 Å². The van der Waals surface area contributed by atoms with Crippen LogP contribution in [0.1, 0.15) is 25.8 Å². The summed E-state index contributed by atoms with van der Waals surface area (Å²) in [4.78, 5) is 2.67. The molecule has 0 amide bonds. The largest absolute Gasteiger partial charge is 0.310 e. The molecule has 2 nitrogen and oxygen atoms in total. The number of hydrogen-bond acceptors (Lipinski definition) is 2. The lowest BCUT2D eigenvalue weighted by molar-refractivity contribution is 0.170. The van der Waals surface area contributed by atoms with Crippen molar-refractivity contribution < 1.29 is 0 Å². The first-order valence-electron chi connectivity index (χ1n) is 6.70. The van der Waals surface area contributed by atoms with Crippen LogP contribution in [0.25, 0.3) is 0 Å². The van der Waals surface area contributed by atoms with Crippen LogP contribution < -0.4 is 5.32 Å². The Bertz CT molecular complexity index is 385.